The van der Waals surface area contributed by atoms with Crippen molar-refractivity contribution in [1.29, 1.82) is 0 Å². The van der Waals surface area contributed by atoms with E-state index in [0.717, 1.165) is 25.7 Å². The minimum absolute atomic E-state index is 0.111. The Labute approximate surface area is 85.5 Å². The van der Waals surface area contributed by atoms with Crippen molar-refractivity contribution in [2.45, 2.75) is 64.1 Å². The normalized spacial score (nSPS) is 20.4. The summed E-state index contributed by atoms with van der Waals surface area (Å²) in [5.41, 5.74) is 0. The lowest BCUT2D eigenvalue weighted by Crippen LogP contribution is -2.23. The SMILES string of the molecule is CC[C@H](O)CC(=O)OC1CCCCC1. The van der Waals surface area contributed by atoms with Crippen LogP contribution in [0, 0.1) is 0 Å². The first-order valence-electron chi connectivity index (χ1n) is 5.60. The van der Waals surface area contributed by atoms with Crippen LogP contribution in [0.15, 0.2) is 0 Å². The van der Waals surface area contributed by atoms with E-state index >= 15 is 0 Å². The zero-order valence-corrected chi connectivity index (χ0v) is 8.87. The van der Waals surface area contributed by atoms with E-state index in [1.165, 1.54) is 6.42 Å². The number of carbonyl (C=O) groups is 1. The van der Waals surface area contributed by atoms with Gasteiger partial charge in [-0.1, -0.05) is 13.3 Å². The maximum absolute atomic E-state index is 11.3. The van der Waals surface area contributed by atoms with Crippen molar-refractivity contribution in [1.82, 2.24) is 0 Å². The van der Waals surface area contributed by atoms with Crippen molar-refractivity contribution in [3.05, 3.63) is 0 Å². The van der Waals surface area contributed by atoms with Gasteiger partial charge >= 0.3 is 5.97 Å². The molecule has 1 aliphatic rings. The second-order valence-corrected chi connectivity index (χ2v) is 4.02. The van der Waals surface area contributed by atoms with Crippen molar-refractivity contribution < 1.29 is 14.6 Å². The number of carbonyl (C=O) groups excluding carboxylic acids is 1. The average Bonchev–Trinajstić information content (AvgIpc) is 2.19. The summed E-state index contributed by atoms with van der Waals surface area (Å²) in [5.74, 6) is -0.244. The highest BCUT2D eigenvalue weighted by Gasteiger charge is 2.18. The van der Waals surface area contributed by atoms with Crippen LogP contribution in [-0.4, -0.2) is 23.3 Å². The third kappa shape index (κ3) is 4.09. The highest BCUT2D eigenvalue weighted by atomic mass is 16.5. The summed E-state index contributed by atoms with van der Waals surface area (Å²) >= 11 is 0. The molecular formula is C11H20O3. The number of aliphatic hydroxyl groups is 1. The quantitative estimate of drug-likeness (QED) is 0.706. The number of rotatable bonds is 4. The first-order valence-corrected chi connectivity index (χ1v) is 5.60. The summed E-state index contributed by atoms with van der Waals surface area (Å²) in [7, 11) is 0. The molecule has 82 valence electrons. The maximum atomic E-state index is 11.3. The van der Waals surface area contributed by atoms with Gasteiger partial charge in [0.15, 0.2) is 0 Å². The number of aliphatic hydroxyl groups excluding tert-OH is 1. The van der Waals surface area contributed by atoms with Gasteiger partial charge in [-0.05, 0) is 32.1 Å². The Balaban J connectivity index is 2.18. The molecule has 0 amide bonds. The number of ether oxygens (including phenoxy) is 1. The third-order valence-electron chi connectivity index (χ3n) is 2.72. The van der Waals surface area contributed by atoms with E-state index in [0.29, 0.717) is 6.42 Å². The molecule has 0 bridgehead atoms. The molecule has 14 heavy (non-hydrogen) atoms. The van der Waals surface area contributed by atoms with Gasteiger partial charge in [-0.25, -0.2) is 0 Å². The van der Waals surface area contributed by atoms with Crippen LogP contribution < -0.4 is 0 Å². The van der Waals surface area contributed by atoms with Crippen LogP contribution in [0.1, 0.15) is 51.9 Å². The molecule has 0 aromatic heterocycles. The molecule has 1 rings (SSSR count). The zero-order valence-electron chi connectivity index (χ0n) is 8.87. The molecule has 0 heterocycles. The largest absolute Gasteiger partial charge is 0.462 e. The second kappa shape index (κ2) is 6.02. The Hall–Kier alpha value is -0.570. The lowest BCUT2D eigenvalue weighted by molar-refractivity contribution is -0.152. The summed E-state index contributed by atoms with van der Waals surface area (Å²) in [6, 6.07) is 0. The third-order valence-corrected chi connectivity index (χ3v) is 2.72. The lowest BCUT2D eigenvalue weighted by atomic mass is 9.98. The molecule has 1 fully saturated rings. The van der Waals surface area contributed by atoms with Crippen LogP contribution >= 0.6 is 0 Å². The molecule has 0 radical (unpaired) electrons. The van der Waals surface area contributed by atoms with E-state index in [1.807, 2.05) is 6.92 Å². The smallest absolute Gasteiger partial charge is 0.308 e. The van der Waals surface area contributed by atoms with Crippen LogP contribution in [0.25, 0.3) is 0 Å². The predicted molar refractivity (Wildman–Crippen MR) is 53.9 cm³/mol. The van der Waals surface area contributed by atoms with Gasteiger partial charge in [-0.2, -0.15) is 0 Å². The van der Waals surface area contributed by atoms with E-state index in [4.69, 9.17) is 4.74 Å². The monoisotopic (exact) mass is 200 g/mol. The van der Waals surface area contributed by atoms with E-state index in [-0.39, 0.29) is 18.5 Å². The summed E-state index contributed by atoms with van der Waals surface area (Å²) in [6.07, 6.45) is 5.90. The van der Waals surface area contributed by atoms with Crippen molar-refractivity contribution >= 4 is 5.97 Å². The Morgan fingerprint density at radius 1 is 1.43 bits per heavy atom. The standard InChI is InChI=1S/C11H20O3/c1-2-9(12)8-11(13)14-10-6-4-3-5-7-10/h9-10,12H,2-8H2,1H3/t9-/m0/s1. The van der Waals surface area contributed by atoms with Gasteiger partial charge in [0.05, 0.1) is 12.5 Å². The minimum atomic E-state index is -0.536. The van der Waals surface area contributed by atoms with Crippen molar-refractivity contribution in [2.24, 2.45) is 0 Å². The van der Waals surface area contributed by atoms with Crippen molar-refractivity contribution in [3.63, 3.8) is 0 Å². The van der Waals surface area contributed by atoms with Crippen LogP contribution in [0.2, 0.25) is 0 Å². The molecule has 0 unspecified atom stereocenters. The summed E-state index contributed by atoms with van der Waals surface area (Å²) in [5, 5.41) is 9.26. The summed E-state index contributed by atoms with van der Waals surface area (Å²) < 4.78 is 5.26. The molecule has 0 aromatic rings. The van der Waals surface area contributed by atoms with Gasteiger partial charge in [0.1, 0.15) is 6.10 Å². The van der Waals surface area contributed by atoms with Gasteiger partial charge in [0.2, 0.25) is 0 Å². The molecule has 1 saturated carbocycles. The number of hydrogen-bond acceptors (Lipinski definition) is 3. The molecule has 0 saturated heterocycles. The molecule has 1 N–H and O–H groups in total. The highest BCUT2D eigenvalue weighted by molar-refractivity contribution is 5.70. The first-order chi connectivity index (χ1) is 6.72. The Morgan fingerprint density at radius 3 is 2.64 bits per heavy atom. The fourth-order valence-corrected chi connectivity index (χ4v) is 1.75. The Morgan fingerprint density at radius 2 is 2.07 bits per heavy atom. The van der Waals surface area contributed by atoms with Gasteiger partial charge < -0.3 is 9.84 Å². The molecule has 3 nitrogen and oxygen atoms in total. The lowest BCUT2D eigenvalue weighted by Gasteiger charge is -2.22. The zero-order chi connectivity index (χ0) is 10.4. The molecule has 1 atom stereocenters. The summed E-state index contributed by atoms with van der Waals surface area (Å²) in [6.45, 7) is 1.86. The second-order valence-electron chi connectivity index (χ2n) is 4.02. The average molecular weight is 200 g/mol. The highest BCUT2D eigenvalue weighted by Crippen LogP contribution is 2.20. The minimum Gasteiger partial charge on any atom is -0.462 e. The number of esters is 1. The molecule has 0 spiro atoms. The van der Waals surface area contributed by atoms with Gasteiger partial charge in [-0.15, -0.1) is 0 Å². The van der Waals surface area contributed by atoms with Gasteiger partial charge in [0.25, 0.3) is 0 Å². The predicted octanol–water partition coefficient (Wildman–Crippen LogP) is 2.02. The fraction of sp³-hybridized carbons (Fsp3) is 0.909. The topological polar surface area (TPSA) is 46.5 Å². The van der Waals surface area contributed by atoms with Gasteiger partial charge in [0, 0.05) is 0 Å². The van der Waals surface area contributed by atoms with E-state index in [9.17, 15) is 9.90 Å². The first kappa shape index (κ1) is 11.5. The summed E-state index contributed by atoms with van der Waals surface area (Å²) in [4.78, 5) is 11.3. The van der Waals surface area contributed by atoms with Crippen molar-refractivity contribution in [2.75, 3.05) is 0 Å². The Bertz CT molecular complexity index is 173. The van der Waals surface area contributed by atoms with Gasteiger partial charge in [-0.3, -0.25) is 4.79 Å². The van der Waals surface area contributed by atoms with Crippen LogP contribution in [0.5, 0.6) is 0 Å². The molecule has 0 aliphatic heterocycles. The number of hydrogen-bond donors (Lipinski definition) is 1. The molecule has 0 aromatic carbocycles. The van der Waals surface area contributed by atoms with E-state index in [2.05, 4.69) is 0 Å². The Kier molecular flexibility index (Phi) is 4.94. The van der Waals surface area contributed by atoms with E-state index in [1.54, 1.807) is 0 Å². The van der Waals surface area contributed by atoms with Crippen LogP contribution in [0.4, 0.5) is 0 Å². The van der Waals surface area contributed by atoms with Crippen LogP contribution in [-0.2, 0) is 9.53 Å². The molecule has 1 aliphatic carbocycles. The fourth-order valence-electron chi connectivity index (χ4n) is 1.75. The van der Waals surface area contributed by atoms with E-state index < -0.39 is 6.10 Å². The molecular weight excluding hydrogens is 180 g/mol. The van der Waals surface area contributed by atoms with Crippen molar-refractivity contribution in [3.8, 4) is 0 Å². The van der Waals surface area contributed by atoms with Crippen LogP contribution in [0.3, 0.4) is 0 Å². The molecule has 3 heteroatoms. The maximum Gasteiger partial charge on any atom is 0.308 e.